The zero-order chi connectivity index (χ0) is 12.1. The molecule has 0 aliphatic carbocycles. The van der Waals surface area contributed by atoms with Crippen LogP contribution in [-0.4, -0.2) is 11.6 Å². The monoisotopic (exact) mass is 245 g/mol. The van der Waals surface area contributed by atoms with E-state index < -0.39 is 0 Å². The number of benzene rings is 1. The van der Waals surface area contributed by atoms with Crippen molar-refractivity contribution < 1.29 is 4.74 Å². The van der Waals surface area contributed by atoms with Crippen molar-refractivity contribution >= 4 is 22.2 Å². The fraction of sp³-hybridized carbons (Fsp3) is 0.167. The molecule has 0 amide bonds. The summed E-state index contributed by atoms with van der Waals surface area (Å²) in [5.74, 6) is 0.843. The third-order valence-corrected chi connectivity index (χ3v) is 2.85. The lowest BCUT2D eigenvalue weighted by Crippen LogP contribution is -1.92. The number of aromatic nitrogens is 1. The molecule has 1 aromatic carbocycles. The Kier molecular flexibility index (Phi) is 3.58. The topological polar surface area (TPSA) is 57.9 Å². The predicted molar refractivity (Wildman–Crippen MR) is 67.7 cm³/mol. The highest BCUT2D eigenvalue weighted by Crippen LogP contribution is 2.23. The van der Waals surface area contributed by atoms with Gasteiger partial charge in [0, 0.05) is 5.69 Å². The predicted octanol–water partition coefficient (Wildman–Crippen LogP) is 3.16. The summed E-state index contributed by atoms with van der Waals surface area (Å²) >= 11 is 1.33. The second-order valence-electron chi connectivity index (χ2n) is 3.22. The fourth-order valence-electron chi connectivity index (χ4n) is 1.31. The van der Waals surface area contributed by atoms with E-state index in [1.807, 2.05) is 31.2 Å². The van der Waals surface area contributed by atoms with Gasteiger partial charge in [0.2, 0.25) is 0 Å². The van der Waals surface area contributed by atoms with Crippen LogP contribution in [0.5, 0.6) is 5.75 Å². The molecule has 1 heterocycles. The molecular weight excluding hydrogens is 234 g/mol. The summed E-state index contributed by atoms with van der Waals surface area (Å²) in [6.07, 6.45) is 1.56. The van der Waals surface area contributed by atoms with E-state index in [2.05, 4.69) is 16.4 Å². The van der Waals surface area contributed by atoms with Gasteiger partial charge in [-0.15, -0.1) is 0 Å². The number of nitrogens with zero attached hydrogens (tertiary/aromatic N) is 2. The minimum Gasteiger partial charge on any atom is -0.494 e. The van der Waals surface area contributed by atoms with E-state index in [4.69, 9.17) is 10.00 Å². The van der Waals surface area contributed by atoms with Gasteiger partial charge in [0.05, 0.1) is 12.8 Å². The lowest BCUT2D eigenvalue weighted by Gasteiger charge is -2.05. The van der Waals surface area contributed by atoms with Crippen LogP contribution in [0.2, 0.25) is 0 Å². The summed E-state index contributed by atoms with van der Waals surface area (Å²) in [5.41, 5.74) is 0.923. The molecule has 0 fully saturated rings. The number of nitriles is 1. The van der Waals surface area contributed by atoms with Crippen LogP contribution in [0.25, 0.3) is 0 Å². The average molecular weight is 245 g/mol. The molecule has 0 unspecified atom stereocenters. The van der Waals surface area contributed by atoms with Crippen LogP contribution in [0, 0.1) is 11.3 Å². The van der Waals surface area contributed by atoms with Crippen molar-refractivity contribution in [3.8, 4) is 11.8 Å². The molecule has 86 valence electrons. The van der Waals surface area contributed by atoms with Gasteiger partial charge in [0.15, 0.2) is 5.13 Å². The van der Waals surface area contributed by atoms with Gasteiger partial charge in [0.1, 0.15) is 16.7 Å². The molecule has 0 radical (unpaired) electrons. The van der Waals surface area contributed by atoms with Crippen LogP contribution in [-0.2, 0) is 0 Å². The van der Waals surface area contributed by atoms with Gasteiger partial charge in [-0.05, 0) is 31.2 Å². The van der Waals surface area contributed by atoms with Crippen LogP contribution in [0.15, 0.2) is 30.5 Å². The highest BCUT2D eigenvalue weighted by molar-refractivity contribution is 7.16. The molecule has 17 heavy (non-hydrogen) atoms. The van der Waals surface area contributed by atoms with Crippen LogP contribution in [0.4, 0.5) is 10.8 Å². The highest BCUT2D eigenvalue weighted by Gasteiger charge is 2.01. The van der Waals surface area contributed by atoms with E-state index in [1.54, 1.807) is 6.20 Å². The maximum Gasteiger partial charge on any atom is 0.188 e. The van der Waals surface area contributed by atoms with Gasteiger partial charge in [-0.25, -0.2) is 4.98 Å². The van der Waals surface area contributed by atoms with Crippen molar-refractivity contribution in [2.24, 2.45) is 0 Å². The lowest BCUT2D eigenvalue weighted by molar-refractivity contribution is 0.340. The number of ether oxygens (including phenoxy) is 1. The first-order valence-electron chi connectivity index (χ1n) is 5.17. The Hall–Kier alpha value is -2.06. The zero-order valence-electron chi connectivity index (χ0n) is 9.30. The molecule has 4 nitrogen and oxygen atoms in total. The average Bonchev–Trinajstić information content (AvgIpc) is 2.80. The van der Waals surface area contributed by atoms with Crippen molar-refractivity contribution in [2.75, 3.05) is 11.9 Å². The first kappa shape index (κ1) is 11.4. The third-order valence-electron chi connectivity index (χ3n) is 2.03. The van der Waals surface area contributed by atoms with Gasteiger partial charge < -0.3 is 10.1 Å². The molecule has 5 heteroatoms. The summed E-state index contributed by atoms with van der Waals surface area (Å²) in [6.45, 7) is 2.61. The van der Waals surface area contributed by atoms with Gasteiger partial charge in [0.25, 0.3) is 0 Å². The maximum atomic E-state index is 8.69. The molecule has 0 bridgehead atoms. The Morgan fingerprint density at radius 2 is 2.18 bits per heavy atom. The summed E-state index contributed by atoms with van der Waals surface area (Å²) in [5, 5.41) is 12.5. The van der Waals surface area contributed by atoms with Crippen molar-refractivity contribution in [1.82, 2.24) is 4.98 Å². The van der Waals surface area contributed by atoms with E-state index >= 15 is 0 Å². The third kappa shape index (κ3) is 2.95. The van der Waals surface area contributed by atoms with Crippen molar-refractivity contribution in [1.29, 1.82) is 5.26 Å². The van der Waals surface area contributed by atoms with Crippen molar-refractivity contribution in [3.05, 3.63) is 35.3 Å². The number of thiazole rings is 1. The van der Waals surface area contributed by atoms with E-state index in [9.17, 15) is 0 Å². The quantitative estimate of drug-likeness (QED) is 0.898. The molecule has 0 saturated carbocycles. The SMILES string of the molecule is CCOc1ccc(Nc2ncc(C#N)s2)cc1. The number of anilines is 2. The summed E-state index contributed by atoms with van der Waals surface area (Å²) in [4.78, 5) is 4.69. The molecule has 2 aromatic rings. The number of rotatable bonds is 4. The van der Waals surface area contributed by atoms with Gasteiger partial charge in [-0.2, -0.15) is 5.26 Å². The lowest BCUT2D eigenvalue weighted by atomic mass is 10.3. The molecule has 0 aliphatic heterocycles. The Bertz CT molecular complexity index is 527. The molecule has 0 aliphatic rings. The Morgan fingerprint density at radius 3 is 2.76 bits per heavy atom. The van der Waals surface area contributed by atoms with Crippen LogP contribution >= 0.6 is 11.3 Å². The van der Waals surface area contributed by atoms with Crippen molar-refractivity contribution in [3.63, 3.8) is 0 Å². The summed E-state index contributed by atoms with van der Waals surface area (Å²) < 4.78 is 5.35. The largest absolute Gasteiger partial charge is 0.494 e. The van der Waals surface area contributed by atoms with Crippen LogP contribution in [0.3, 0.4) is 0 Å². The van der Waals surface area contributed by atoms with Crippen LogP contribution < -0.4 is 10.1 Å². The zero-order valence-corrected chi connectivity index (χ0v) is 10.1. The first-order chi connectivity index (χ1) is 8.31. The van der Waals surface area contributed by atoms with Crippen LogP contribution in [0.1, 0.15) is 11.8 Å². The molecule has 0 atom stereocenters. The minimum absolute atomic E-state index is 0.596. The molecule has 0 saturated heterocycles. The maximum absolute atomic E-state index is 8.69. The molecular formula is C12H11N3OS. The first-order valence-corrected chi connectivity index (χ1v) is 5.99. The Balaban J connectivity index is 2.06. The molecule has 2 rings (SSSR count). The number of hydrogen-bond acceptors (Lipinski definition) is 5. The van der Waals surface area contributed by atoms with Gasteiger partial charge >= 0.3 is 0 Å². The smallest absolute Gasteiger partial charge is 0.188 e. The van der Waals surface area contributed by atoms with Gasteiger partial charge in [-0.1, -0.05) is 11.3 Å². The summed E-state index contributed by atoms with van der Waals surface area (Å²) in [7, 11) is 0. The Morgan fingerprint density at radius 1 is 1.41 bits per heavy atom. The van der Waals surface area contributed by atoms with E-state index in [0.717, 1.165) is 11.4 Å². The minimum atomic E-state index is 0.596. The van der Waals surface area contributed by atoms with E-state index in [0.29, 0.717) is 16.6 Å². The van der Waals surface area contributed by atoms with Gasteiger partial charge in [-0.3, -0.25) is 0 Å². The second-order valence-corrected chi connectivity index (χ2v) is 4.25. The van der Waals surface area contributed by atoms with Crippen molar-refractivity contribution in [2.45, 2.75) is 6.92 Å². The van der Waals surface area contributed by atoms with E-state index in [-0.39, 0.29) is 0 Å². The molecule has 1 N–H and O–H groups in total. The summed E-state index contributed by atoms with van der Waals surface area (Å²) in [6, 6.07) is 9.67. The normalized spacial score (nSPS) is 9.65. The number of hydrogen-bond donors (Lipinski definition) is 1. The molecule has 1 aromatic heterocycles. The van der Waals surface area contributed by atoms with E-state index in [1.165, 1.54) is 11.3 Å². The Labute approximate surface area is 103 Å². The highest BCUT2D eigenvalue weighted by atomic mass is 32.1. The standard InChI is InChI=1S/C12H11N3OS/c1-2-16-10-5-3-9(4-6-10)15-12-14-8-11(7-13)17-12/h3-6,8H,2H2,1H3,(H,14,15). The second kappa shape index (κ2) is 5.32. The number of nitrogens with one attached hydrogen (secondary N) is 1. The molecule has 0 spiro atoms. The fourth-order valence-corrected chi connectivity index (χ4v) is 1.94.